The molecule has 1 aromatic carbocycles. The number of nitrogens with zero attached hydrogens (tertiary/aromatic N) is 3. The van der Waals surface area contributed by atoms with E-state index in [1.807, 2.05) is 6.07 Å². The fourth-order valence-corrected chi connectivity index (χ4v) is 3.20. The highest BCUT2D eigenvalue weighted by Crippen LogP contribution is 2.27. The van der Waals surface area contributed by atoms with Gasteiger partial charge in [-0.15, -0.1) is 0 Å². The van der Waals surface area contributed by atoms with Crippen molar-refractivity contribution in [3.63, 3.8) is 0 Å². The summed E-state index contributed by atoms with van der Waals surface area (Å²) in [5.41, 5.74) is 0.822. The fraction of sp³-hybridized carbons (Fsp3) is 0.529. The van der Waals surface area contributed by atoms with Crippen LogP contribution in [0.15, 0.2) is 22.7 Å². The van der Waals surface area contributed by atoms with Gasteiger partial charge in [-0.1, -0.05) is 34.8 Å². The molecule has 0 spiro atoms. The molecule has 0 saturated carbocycles. The SMILES string of the molecule is Clc1ccc(-c2noc(CCCCN3CCCCC3)n2)cc1Cl. The van der Waals surface area contributed by atoms with Crippen LogP contribution in [0, 0.1) is 0 Å². The molecule has 1 saturated heterocycles. The zero-order valence-electron chi connectivity index (χ0n) is 13.1. The number of rotatable bonds is 6. The second-order valence-electron chi connectivity index (χ2n) is 6.00. The molecule has 2 aromatic rings. The van der Waals surface area contributed by atoms with Gasteiger partial charge >= 0.3 is 0 Å². The van der Waals surface area contributed by atoms with Crippen LogP contribution in [0.3, 0.4) is 0 Å². The summed E-state index contributed by atoms with van der Waals surface area (Å²) < 4.78 is 5.33. The Kier molecular flexibility index (Phi) is 5.92. The highest BCUT2D eigenvalue weighted by Gasteiger charge is 2.12. The van der Waals surface area contributed by atoms with E-state index in [4.69, 9.17) is 27.7 Å². The molecule has 0 aliphatic carbocycles. The molecule has 3 rings (SSSR count). The summed E-state index contributed by atoms with van der Waals surface area (Å²) in [6.45, 7) is 3.68. The Morgan fingerprint density at radius 1 is 1.04 bits per heavy atom. The summed E-state index contributed by atoms with van der Waals surface area (Å²) in [7, 11) is 0. The van der Waals surface area contributed by atoms with E-state index in [0.717, 1.165) is 18.4 Å². The smallest absolute Gasteiger partial charge is 0.226 e. The first kappa shape index (κ1) is 16.7. The van der Waals surface area contributed by atoms with Gasteiger partial charge in [0.05, 0.1) is 10.0 Å². The molecule has 0 N–H and O–H groups in total. The Balaban J connectivity index is 1.48. The average Bonchev–Trinajstić information content (AvgIpc) is 3.04. The maximum absolute atomic E-state index is 6.02. The summed E-state index contributed by atoms with van der Waals surface area (Å²) in [6, 6.07) is 5.35. The van der Waals surface area contributed by atoms with Crippen molar-refractivity contribution in [3.8, 4) is 11.4 Å². The van der Waals surface area contributed by atoms with Crippen LogP contribution < -0.4 is 0 Å². The van der Waals surface area contributed by atoms with E-state index < -0.39 is 0 Å². The minimum atomic E-state index is 0.497. The lowest BCUT2D eigenvalue weighted by atomic mass is 10.1. The number of likely N-dealkylation sites (tertiary alicyclic amines) is 1. The average molecular weight is 354 g/mol. The first-order valence-corrected chi connectivity index (χ1v) is 8.98. The van der Waals surface area contributed by atoms with Crippen molar-refractivity contribution in [1.29, 1.82) is 0 Å². The third-order valence-corrected chi connectivity index (χ3v) is 4.95. The molecule has 1 fully saturated rings. The van der Waals surface area contributed by atoms with Gasteiger partial charge in [-0.25, -0.2) is 0 Å². The largest absolute Gasteiger partial charge is 0.339 e. The molecule has 1 aromatic heterocycles. The number of aryl methyl sites for hydroxylation is 1. The summed E-state index contributed by atoms with van der Waals surface area (Å²) >= 11 is 11.9. The van der Waals surface area contributed by atoms with Crippen molar-refractivity contribution in [2.45, 2.75) is 38.5 Å². The summed E-state index contributed by atoms with van der Waals surface area (Å²) in [5.74, 6) is 1.25. The van der Waals surface area contributed by atoms with Crippen molar-refractivity contribution < 1.29 is 4.52 Å². The quantitative estimate of drug-likeness (QED) is 0.696. The fourth-order valence-electron chi connectivity index (χ4n) is 2.90. The van der Waals surface area contributed by atoms with E-state index in [1.165, 1.54) is 45.3 Å². The van der Waals surface area contributed by atoms with E-state index in [9.17, 15) is 0 Å². The molecule has 0 amide bonds. The Labute approximate surface area is 146 Å². The molecule has 6 heteroatoms. The Morgan fingerprint density at radius 3 is 2.65 bits per heavy atom. The molecular weight excluding hydrogens is 333 g/mol. The molecule has 1 aliphatic heterocycles. The standard InChI is InChI=1S/C17H21Cl2N3O/c18-14-8-7-13(12-15(14)19)17-20-16(23-21-17)6-2-5-11-22-9-3-1-4-10-22/h7-8,12H,1-6,9-11H2. The predicted octanol–water partition coefficient (Wildman–Crippen LogP) is 4.85. The molecule has 0 bridgehead atoms. The lowest BCUT2D eigenvalue weighted by Gasteiger charge is -2.26. The molecule has 2 heterocycles. The Hall–Kier alpha value is -1.10. The van der Waals surface area contributed by atoms with Crippen LogP contribution in [0.2, 0.25) is 10.0 Å². The maximum atomic E-state index is 6.02. The maximum Gasteiger partial charge on any atom is 0.226 e. The lowest BCUT2D eigenvalue weighted by molar-refractivity contribution is 0.224. The van der Waals surface area contributed by atoms with E-state index in [-0.39, 0.29) is 0 Å². The van der Waals surface area contributed by atoms with Crippen LogP contribution in [-0.2, 0) is 6.42 Å². The van der Waals surface area contributed by atoms with Crippen molar-refractivity contribution >= 4 is 23.2 Å². The molecule has 124 valence electrons. The zero-order valence-corrected chi connectivity index (χ0v) is 14.6. The monoisotopic (exact) mass is 353 g/mol. The Bertz CT molecular complexity index is 639. The zero-order chi connectivity index (χ0) is 16.1. The van der Waals surface area contributed by atoms with Gasteiger partial charge in [0.2, 0.25) is 11.7 Å². The predicted molar refractivity (Wildman–Crippen MR) is 93.0 cm³/mol. The molecule has 0 radical (unpaired) electrons. The molecule has 0 unspecified atom stereocenters. The molecule has 4 nitrogen and oxygen atoms in total. The summed E-state index contributed by atoms with van der Waals surface area (Å²) in [5, 5.41) is 5.05. The van der Waals surface area contributed by atoms with Crippen molar-refractivity contribution in [2.24, 2.45) is 0 Å². The normalized spacial score (nSPS) is 15.9. The first-order valence-electron chi connectivity index (χ1n) is 8.23. The second-order valence-corrected chi connectivity index (χ2v) is 6.81. The van der Waals surface area contributed by atoms with Crippen LogP contribution in [0.25, 0.3) is 11.4 Å². The van der Waals surface area contributed by atoms with E-state index in [0.29, 0.717) is 21.8 Å². The third kappa shape index (κ3) is 4.69. The van der Waals surface area contributed by atoms with E-state index in [1.54, 1.807) is 12.1 Å². The second kappa shape index (κ2) is 8.13. The third-order valence-electron chi connectivity index (χ3n) is 4.21. The number of unbranched alkanes of at least 4 members (excludes halogenated alkanes) is 1. The van der Waals surface area contributed by atoms with Gasteiger partial charge < -0.3 is 9.42 Å². The number of hydrogen-bond donors (Lipinski definition) is 0. The number of piperidine rings is 1. The van der Waals surface area contributed by atoms with Gasteiger partial charge in [-0.05, 0) is 63.5 Å². The summed E-state index contributed by atoms with van der Waals surface area (Å²) in [6.07, 6.45) is 7.13. The minimum absolute atomic E-state index is 0.497. The van der Waals surface area contributed by atoms with Crippen molar-refractivity contribution in [3.05, 3.63) is 34.1 Å². The van der Waals surface area contributed by atoms with E-state index in [2.05, 4.69) is 15.0 Å². The van der Waals surface area contributed by atoms with Crippen LogP contribution in [-0.4, -0.2) is 34.7 Å². The topological polar surface area (TPSA) is 42.2 Å². The number of aromatic nitrogens is 2. The molecule has 1 aliphatic rings. The highest BCUT2D eigenvalue weighted by molar-refractivity contribution is 6.42. The Morgan fingerprint density at radius 2 is 1.87 bits per heavy atom. The van der Waals surface area contributed by atoms with Crippen LogP contribution in [0.1, 0.15) is 38.0 Å². The van der Waals surface area contributed by atoms with Crippen molar-refractivity contribution in [1.82, 2.24) is 15.0 Å². The van der Waals surface area contributed by atoms with Gasteiger partial charge in [0, 0.05) is 12.0 Å². The van der Waals surface area contributed by atoms with Gasteiger partial charge in [0.1, 0.15) is 0 Å². The number of hydrogen-bond acceptors (Lipinski definition) is 4. The van der Waals surface area contributed by atoms with E-state index >= 15 is 0 Å². The van der Waals surface area contributed by atoms with Gasteiger partial charge in [0.15, 0.2) is 0 Å². The summed E-state index contributed by atoms with van der Waals surface area (Å²) in [4.78, 5) is 7.00. The van der Waals surface area contributed by atoms with Gasteiger partial charge in [-0.3, -0.25) is 0 Å². The number of benzene rings is 1. The van der Waals surface area contributed by atoms with Crippen molar-refractivity contribution in [2.75, 3.05) is 19.6 Å². The van der Waals surface area contributed by atoms with Gasteiger partial charge in [-0.2, -0.15) is 4.98 Å². The highest BCUT2D eigenvalue weighted by atomic mass is 35.5. The minimum Gasteiger partial charge on any atom is -0.339 e. The van der Waals surface area contributed by atoms with Gasteiger partial charge in [0.25, 0.3) is 0 Å². The van der Waals surface area contributed by atoms with Crippen LogP contribution in [0.4, 0.5) is 0 Å². The lowest BCUT2D eigenvalue weighted by Crippen LogP contribution is -2.30. The molecular formula is C17H21Cl2N3O. The molecule has 0 atom stereocenters. The molecule has 23 heavy (non-hydrogen) atoms. The van der Waals surface area contributed by atoms with Crippen LogP contribution >= 0.6 is 23.2 Å². The van der Waals surface area contributed by atoms with Crippen LogP contribution in [0.5, 0.6) is 0 Å². The number of halogens is 2. The first-order chi connectivity index (χ1) is 11.2.